The molecular weight excluding hydrogens is 359 g/mol. The maximum Gasteiger partial charge on any atom is 0.340 e. The highest BCUT2D eigenvalue weighted by atomic mass is 32.2. The Labute approximate surface area is 150 Å². The normalized spacial score (nSPS) is 11.5. The van der Waals surface area contributed by atoms with E-state index < -0.39 is 15.9 Å². The van der Waals surface area contributed by atoms with Gasteiger partial charge in [-0.25, -0.2) is 4.39 Å². The van der Waals surface area contributed by atoms with E-state index >= 15 is 0 Å². The van der Waals surface area contributed by atoms with Crippen LogP contribution in [0.1, 0.15) is 11.3 Å². The summed E-state index contributed by atoms with van der Waals surface area (Å²) < 4.78 is 49.8. The number of benzene rings is 2. The van der Waals surface area contributed by atoms with E-state index in [1.165, 1.54) is 17.9 Å². The molecule has 0 saturated carbocycles. The number of rotatable bonds is 6. The van der Waals surface area contributed by atoms with Gasteiger partial charge in [0.1, 0.15) is 10.7 Å². The molecule has 0 N–H and O–H groups in total. The lowest BCUT2D eigenvalue weighted by molar-refractivity contribution is 0.181. The van der Waals surface area contributed by atoms with Gasteiger partial charge in [-0.1, -0.05) is 17.7 Å². The SMILES string of the molecule is COCc1cc(OS(=O)(=O)c2ccc(F)cc2)n(-c2ccc(C)cc2)n1. The van der Waals surface area contributed by atoms with Crippen LogP contribution in [0.15, 0.2) is 59.5 Å². The molecular formula is C18H17FN2O4S. The van der Waals surface area contributed by atoms with Crippen LogP contribution in [0, 0.1) is 12.7 Å². The summed E-state index contributed by atoms with van der Waals surface area (Å²) in [6.07, 6.45) is 0. The molecule has 2 aromatic carbocycles. The molecule has 0 aliphatic carbocycles. The van der Waals surface area contributed by atoms with Crippen molar-refractivity contribution < 1.29 is 21.7 Å². The second-order valence-corrected chi connectivity index (χ2v) is 7.19. The minimum Gasteiger partial charge on any atom is -0.378 e. The molecule has 0 saturated heterocycles. The Bertz CT molecular complexity index is 997. The molecule has 0 fully saturated rings. The number of ether oxygens (including phenoxy) is 1. The molecule has 0 spiro atoms. The number of nitrogens with zero attached hydrogens (tertiary/aromatic N) is 2. The van der Waals surface area contributed by atoms with E-state index in [0.29, 0.717) is 11.4 Å². The van der Waals surface area contributed by atoms with Crippen LogP contribution in [0.4, 0.5) is 4.39 Å². The van der Waals surface area contributed by atoms with Gasteiger partial charge in [0.2, 0.25) is 5.88 Å². The smallest absolute Gasteiger partial charge is 0.340 e. The van der Waals surface area contributed by atoms with Crippen molar-refractivity contribution in [2.75, 3.05) is 7.11 Å². The second-order valence-electron chi connectivity index (χ2n) is 5.65. The molecule has 136 valence electrons. The highest BCUT2D eigenvalue weighted by Crippen LogP contribution is 2.24. The van der Waals surface area contributed by atoms with Gasteiger partial charge in [-0.2, -0.15) is 18.2 Å². The van der Waals surface area contributed by atoms with Crippen LogP contribution in [0.5, 0.6) is 5.88 Å². The molecule has 6 nitrogen and oxygen atoms in total. The van der Waals surface area contributed by atoms with Crippen LogP contribution in [0.3, 0.4) is 0 Å². The van der Waals surface area contributed by atoms with Gasteiger partial charge < -0.3 is 8.92 Å². The molecule has 26 heavy (non-hydrogen) atoms. The molecule has 1 aromatic heterocycles. The predicted octanol–water partition coefficient (Wildman–Crippen LogP) is 3.23. The van der Waals surface area contributed by atoms with E-state index in [9.17, 15) is 12.8 Å². The minimum absolute atomic E-state index is 0.0187. The Hall–Kier alpha value is -2.71. The number of aromatic nitrogens is 2. The fourth-order valence-corrected chi connectivity index (χ4v) is 3.23. The Kier molecular flexibility index (Phi) is 5.06. The number of halogens is 1. The second kappa shape index (κ2) is 7.27. The fraction of sp³-hybridized carbons (Fsp3) is 0.167. The molecule has 0 radical (unpaired) electrons. The zero-order valence-corrected chi connectivity index (χ0v) is 15.0. The Morgan fingerprint density at radius 3 is 2.35 bits per heavy atom. The Balaban J connectivity index is 2.00. The third-order valence-electron chi connectivity index (χ3n) is 3.60. The number of hydrogen-bond acceptors (Lipinski definition) is 5. The molecule has 0 bridgehead atoms. The number of hydrogen-bond donors (Lipinski definition) is 0. The molecule has 3 rings (SSSR count). The van der Waals surface area contributed by atoms with Gasteiger partial charge in [-0.05, 0) is 43.3 Å². The quantitative estimate of drug-likeness (QED) is 0.618. The van der Waals surface area contributed by atoms with Crippen molar-refractivity contribution in [3.8, 4) is 11.6 Å². The maximum absolute atomic E-state index is 13.0. The van der Waals surface area contributed by atoms with Gasteiger partial charge in [0.25, 0.3) is 0 Å². The Morgan fingerprint density at radius 2 is 1.73 bits per heavy atom. The highest BCUT2D eigenvalue weighted by molar-refractivity contribution is 7.87. The van der Waals surface area contributed by atoms with Crippen molar-refractivity contribution in [3.05, 3.63) is 71.7 Å². The first kappa shape index (κ1) is 18.1. The van der Waals surface area contributed by atoms with Crippen LogP contribution in [-0.4, -0.2) is 25.3 Å². The molecule has 8 heteroatoms. The van der Waals surface area contributed by atoms with Gasteiger partial charge in [-0.15, -0.1) is 0 Å². The highest BCUT2D eigenvalue weighted by Gasteiger charge is 2.21. The molecule has 0 atom stereocenters. The van der Waals surface area contributed by atoms with Gasteiger partial charge in [0.15, 0.2) is 0 Å². The first-order valence-electron chi connectivity index (χ1n) is 7.74. The van der Waals surface area contributed by atoms with Crippen molar-refractivity contribution in [1.29, 1.82) is 0 Å². The zero-order valence-electron chi connectivity index (χ0n) is 14.2. The van der Waals surface area contributed by atoms with Crippen molar-refractivity contribution in [2.45, 2.75) is 18.4 Å². The van der Waals surface area contributed by atoms with Crippen LogP contribution in [-0.2, 0) is 21.5 Å². The van der Waals surface area contributed by atoms with Gasteiger partial charge in [0, 0.05) is 13.2 Å². The largest absolute Gasteiger partial charge is 0.378 e. The van der Waals surface area contributed by atoms with Gasteiger partial charge in [0.05, 0.1) is 18.0 Å². The summed E-state index contributed by atoms with van der Waals surface area (Å²) in [4.78, 5) is -0.149. The average molecular weight is 376 g/mol. The van der Waals surface area contributed by atoms with Gasteiger partial charge in [-0.3, -0.25) is 0 Å². The fourth-order valence-electron chi connectivity index (χ4n) is 2.32. The standard InChI is InChI=1S/C18H17FN2O4S/c1-13-3-7-16(8-4-13)21-18(11-15(20-21)12-24-2)25-26(22,23)17-9-5-14(19)6-10-17/h3-11H,12H2,1-2H3. The average Bonchev–Trinajstić information content (AvgIpc) is 2.98. The van der Waals surface area contributed by atoms with E-state index in [0.717, 1.165) is 29.8 Å². The predicted molar refractivity (Wildman–Crippen MR) is 93.2 cm³/mol. The summed E-state index contributed by atoms with van der Waals surface area (Å²) >= 11 is 0. The molecule has 0 amide bonds. The topological polar surface area (TPSA) is 70.4 Å². The van der Waals surface area contributed by atoms with E-state index in [1.54, 1.807) is 12.1 Å². The zero-order chi connectivity index (χ0) is 18.7. The summed E-state index contributed by atoms with van der Waals surface area (Å²) in [7, 11) is -2.62. The lowest BCUT2D eigenvalue weighted by Crippen LogP contribution is -2.12. The lowest BCUT2D eigenvalue weighted by atomic mass is 10.2. The summed E-state index contributed by atoms with van der Waals surface area (Å²) in [5.41, 5.74) is 2.21. The first-order valence-corrected chi connectivity index (χ1v) is 9.15. The minimum atomic E-state index is -4.14. The van der Waals surface area contributed by atoms with Crippen LogP contribution >= 0.6 is 0 Å². The molecule has 0 aliphatic rings. The third kappa shape index (κ3) is 3.92. The summed E-state index contributed by atoms with van der Waals surface area (Å²) in [5, 5.41) is 4.33. The lowest BCUT2D eigenvalue weighted by Gasteiger charge is -2.09. The van der Waals surface area contributed by atoms with E-state index in [-0.39, 0.29) is 17.4 Å². The van der Waals surface area contributed by atoms with Gasteiger partial charge >= 0.3 is 10.1 Å². The molecule has 3 aromatic rings. The number of methoxy groups -OCH3 is 1. The summed E-state index contributed by atoms with van der Waals surface area (Å²) in [6, 6.07) is 13.3. The number of aryl methyl sites for hydroxylation is 1. The third-order valence-corrected chi connectivity index (χ3v) is 4.84. The van der Waals surface area contributed by atoms with E-state index in [2.05, 4.69) is 5.10 Å². The van der Waals surface area contributed by atoms with Crippen LogP contribution in [0.2, 0.25) is 0 Å². The van der Waals surface area contributed by atoms with E-state index in [4.69, 9.17) is 8.92 Å². The first-order chi connectivity index (χ1) is 12.4. The Morgan fingerprint density at radius 1 is 1.08 bits per heavy atom. The molecule has 0 unspecified atom stereocenters. The van der Waals surface area contributed by atoms with Crippen molar-refractivity contribution >= 4 is 10.1 Å². The summed E-state index contributed by atoms with van der Waals surface area (Å²) in [5.74, 6) is -0.513. The maximum atomic E-state index is 13.0. The van der Waals surface area contributed by atoms with Crippen LogP contribution < -0.4 is 4.18 Å². The van der Waals surface area contributed by atoms with Crippen molar-refractivity contribution in [1.82, 2.24) is 9.78 Å². The monoisotopic (exact) mass is 376 g/mol. The summed E-state index contributed by atoms with van der Waals surface area (Å²) in [6.45, 7) is 2.14. The molecule has 0 aliphatic heterocycles. The van der Waals surface area contributed by atoms with E-state index in [1.807, 2.05) is 19.1 Å². The van der Waals surface area contributed by atoms with Crippen molar-refractivity contribution in [2.24, 2.45) is 0 Å². The van der Waals surface area contributed by atoms with Crippen molar-refractivity contribution in [3.63, 3.8) is 0 Å². The van der Waals surface area contributed by atoms with Crippen LogP contribution in [0.25, 0.3) is 5.69 Å². The molecule has 1 heterocycles.